The number of benzene rings is 2. The van der Waals surface area contributed by atoms with Gasteiger partial charge in [0.25, 0.3) is 0 Å². The zero-order chi connectivity index (χ0) is 21.3. The van der Waals surface area contributed by atoms with Gasteiger partial charge in [-0.05, 0) is 68.5 Å². The molecule has 0 radical (unpaired) electrons. The van der Waals surface area contributed by atoms with Crippen molar-refractivity contribution in [1.29, 1.82) is 0 Å². The van der Waals surface area contributed by atoms with Crippen LogP contribution in [-0.2, 0) is 29.9 Å². The van der Waals surface area contributed by atoms with Crippen LogP contribution in [0.4, 0.5) is 0 Å². The summed E-state index contributed by atoms with van der Waals surface area (Å²) in [5, 5.41) is 5.57. The SMILES string of the molecule is CCn1cc(S(=O)(=O)c2ccc3c(c2)c2c(n3C)CC3CCC2NC3)c2ccccc21. The van der Waals surface area contributed by atoms with Gasteiger partial charge in [-0.15, -0.1) is 0 Å². The molecule has 31 heavy (non-hydrogen) atoms. The zero-order valence-corrected chi connectivity index (χ0v) is 18.7. The van der Waals surface area contributed by atoms with Crippen molar-refractivity contribution in [2.75, 3.05) is 6.54 Å². The predicted molar refractivity (Wildman–Crippen MR) is 123 cm³/mol. The number of rotatable bonds is 3. The highest BCUT2D eigenvalue weighted by Gasteiger charge is 2.33. The van der Waals surface area contributed by atoms with Crippen LogP contribution in [0.3, 0.4) is 0 Å². The summed E-state index contributed by atoms with van der Waals surface area (Å²) in [4.78, 5) is 0.775. The second-order valence-electron chi connectivity index (χ2n) is 9.01. The Kier molecular flexibility index (Phi) is 4.14. The number of aryl methyl sites for hydroxylation is 2. The van der Waals surface area contributed by atoms with E-state index in [1.165, 1.54) is 17.7 Å². The minimum absolute atomic E-state index is 0.317. The van der Waals surface area contributed by atoms with Gasteiger partial charge in [0, 0.05) is 53.3 Å². The molecule has 0 saturated carbocycles. The molecule has 2 bridgehead atoms. The minimum atomic E-state index is -3.64. The Morgan fingerprint density at radius 1 is 1.06 bits per heavy atom. The van der Waals surface area contributed by atoms with Gasteiger partial charge in [-0.25, -0.2) is 8.42 Å². The summed E-state index contributed by atoms with van der Waals surface area (Å²) in [5.41, 5.74) is 4.75. The monoisotopic (exact) mass is 433 g/mol. The summed E-state index contributed by atoms with van der Waals surface area (Å²) in [5.74, 6) is 0.670. The summed E-state index contributed by atoms with van der Waals surface area (Å²) in [6.07, 6.45) is 5.22. The Hall–Kier alpha value is -2.57. The number of piperidine rings is 1. The lowest BCUT2D eigenvalue weighted by atomic mass is 9.95. The van der Waals surface area contributed by atoms with Crippen LogP contribution in [0, 0.1) is 5.92 Å². The number of hydrogen-bond donors (Lipinski definition) is 1. The molecule has 1 aliphatic carbocycles. The van der Waals surface area contributed by atoms with Crippen molar-refractivity contribution in [3.05, 3.63) is 59.9 Å². The summed E-state index contributed by atoms with van der Waals surface area (Å²) in [6.45, 7) is 3.82. The van der Waals surface area contributed by atoms with Gasteiger partial charge in [0.15, 0.2) is 0 Å². The lowest BCUT2D eigenvalue weighted by Crippen LogP contribution is -2.30. The molecule has 1 fully saturated rings. The molecule has 2 aromatic heterocycles. The van der Waals surface area contributed by atoms with E-state index in [1.807, 2.05) is 47.9 Å². The minimum Gasteiger partial charge on any atom is -0.347 e. The second-order valence-corrected chi connectivity index (χ2v) is 10.9. The molecule has 3 aliphatic rings. The van der Waals surface area contributed by atoms with E-state index in [-0.39, 0.29) is 0 Å². The van der Waals surface area contributed by atoms with Crippen molar-refractivity contribution in [2.45, 2.75) is 48.6 Å². The molecule has 1 saturated heterocycles. The van der Waals surface area contributed by atoms with Crippen LogP contribution in [0.15, 0.2) is 58.5 Å². The average Bonchev–Trinajstić information content (AvgIpc) is 3.15. The van der Waals surface area contributed by atoms with E-state index < -0.39 is 9.84 Å². The van der Waals surface area contributed by atoms with Gasteiger partial charge < -0.3 is 14.5 Å². The number of nitrogens with zero attached hydrogens (tertiary/aromatic N) is 2. The smallest absolute Gasteiger partial charge is 0.208 e. The molecular weight excluding hydrogens is 406 g/mol. The first-order chi connectivity index (χ1) is 15.0. The Balaban J connectivity index is 1.57. The fourth-order valence-corrected chi connectivity index (χ4v) is 7.24. The molecule has 2 aromatic carbocycles. The molecule has 2 unspecified atom stereocenters. The largest absolute Gasteiger partial charge is 0.347 e. The third-order valence-corrected chi connectivity index (χ3v) is 9.15. The highest BCUT2D eigenvalue weighted by atomic mass is 32.2. The molecule has 2 aliphatic heterocycles. The maximum absolute atomic E-state index is 13.8. The second kappa shape index (κ2) is 6.71. The Morgan fingerprint density at radius 3 is 2.68 bits per heavy atom. The summed E-state index contributed by atoms with van der Waals surface area (Å²) in [7, 11) is -1.52. The van der Waals surface area contributed by atoms with Gasteiger partial charge in [0.1, 0.15) is 0 Å². The van der Waals surface area contributed by atoms with Crippen LogP contribution >= 0.6 is 0 Å². The number of nitrogens with one attached hydrogen (secondary N) is 1. The predicted octanol–water partition coefficient (Wildman–Crippen LogP) is 4.58. The van der Waals surface area contributed by atoms with Gasteiger partial charge in [-0.3, -0.25) is 0 Å². The van der Waals surface area contributed by atoms with Crippen molar-refractivity contribution < 1.29 is 8.42 Å². The van der Waals surface area contributed by atoms with Crippen LogP contribution in [0.1, 0.15) is 37.1 Å². The van der Waals surface area contributed by atoms with Gasteiger partial charge >= 0.3 is 0 Å². The van der Waals surface area contributed by atoms with Crippen molar-refractivity contribution >= 4 is 31.6 Å². The number of para-hydroxylation sites is 1. The van der Waals surface area contributed by atoms with E-state index >= 15 is 0 Å². The van der Waals surface area contributed by atoms with Crippen molar-refractivity contribution in [3.63, 3.8) is 0 Å². The highest BCUT2D eigenvalue weighted by Crippen LogP contribution is 2.42. The number of fused-ring (bicyclic) bond motifs is 4. The van der Waals surface area contributed by atoms with E-state index in [1.54, 1.807) is 12.3 Å². The molecule has 0 spiro atoms. The first kappa shape index (κ1) is 19.1. The third kappa shape index (κ3) is 2.68. The molecule has 7 rings (SSSR count). The Labute approximate surface area is 182 Å². The molecule has 4 heterocycles. The van der Waals surface area contributed by atoms with Crippen molar-refractivity contribution in [1.82, 2.24) is 14.5 Å². The van der Waals surface area contributed by atoms with E-state index in [2.05, 4.69) is 16.9 Å². The van der Waals surface area contributed by atoms with Crippen molar-refractivity contribution in [2.24, 2.45) is 13.0 Å². The standard InChI is InChI=1S/C25H27N3O2S/c1-3-28-15-24(18-6-4-5-7-22(18)28)31(29,30)17-9-11-21-19(13-17)25-20-10-8-16(14-26-20)12-23(25)27(21)2/h4-7,9,11,13,15-16,20,26H,3,8,10,12,14H2,1-2H3. The molecular formula is C25H27N3O2S. The Morgan fingerprint density at radius 2 is 1.90 bits per heavy atom. The molecule has 4 aromatic rings. The lowest BCUT2D eigenvalue weighted by molar-refractivity contribution is 0.332. The van der Waals surface area contributed by atoms with Crippen LogP contribution < -0.4 is 5.32 Å². The third-order valence-electron chi connectivity index (χ3n) is 7.37. The molecule has 2 atom stereocenters. The average molecular weight is 434 g/mol. The number of sulfone groups is 1. The summed E-state index contributed by atoms with van der Waals surface area (Å²) < 4.78 is 31.9. The maximum atomic E-state index is 13.8. The fourth-order valence-electron chi connectivity index (χ4n) is 5.73. The molecule has 160 valence electrons. The fraction of sp³-hybridized carbons (Fsp3) is 0.360. The van der Waals surface area contributed by atoms with Crippen LogP contribution in [0.5, 0.6) is 0 Å². The molecule has 5 nitrogen and oxygen atoms in total. The molecule has 0 amide bonds. The number of aromatic nitrogens is 2. The zero-order valence-electron chi connectivity index (χ0n) is 17.9. The normalized spacial score (nSPS) is 21.0. The van der Waals surface area contributed by atoms with Crippen LogP contribution in [0.25, 0.3) is 21.8 Å². The van der Waals surface area contributed by atoms with Gasteiger partial charge in [0.2, 0.25) is 9.84 Å². The topological polar surface area (TPSA) is 56.0 Å². The van der Waals surface area contributed by atoms with Crippen LogP contribution in [0.2, 0.25) is 0 Å². The van der Waals surface area contributed by atoms with Gasteiger partial charge in [-0.2, -0.15) is 0 Å². The number of hydrogen-bond acceptors (Lipinski definition) is 3. The summed E-state index contributed by atoms with van der Waals surface area (Å²) >= 11 is 0. The first-order valence-electron chi connectivity index (χ1n) is 11.2. The van der Waals surface area contributed by atoms with E-state index in [4.69, 9.17) is 0 Å². The van der Waals surface area contributed by atoms with E-state index in [0.717, 1.165) is 47.7 Å². The summed E-state index contributed by atoms with van der Waals surface area (Å²) in [6, 6.07) is 13.8. The van der Waals surface area contributed by atoms with Crippen LogP contribution in [-0.4, -0.2) is 24.1 Å². The lowest BCUT2D eigenvalue weighted by Gasteiger charge is -2.25. The maximum Gasteiger partial charge on any atom is 0.208 e. The van der Waals surface area contributed by atoms with E-state index in [9.17, 15) is 8.42 Å². The first-order valence-corrected chi connectivity index (χ1v) is 12.6. The highest BCUT2D eigenvalue weighted by molar-refractivity contribution is 7.91. The van der Waals surface area contributed by atoms with Gasteiger partial charge in [0.05, 0.1) is 9.79 Å². The molecule has 1 N–H and O–H groups in total. The Bertz CT molecular complexity index is 1440. The van der Waals surface area contributed by atoms with Gasteiger partial charge in [-0.1, -0.05) is 18.2 Å². The molecule has 6 heteroatoms. The van der Waals surface area contributed by atoms with Crippen molar-refractivity contribution in [3.8, 4) is 0 Å². The van der Waals surface area contributed by atoms with E-state index in [0.29, 0.717) is 21.8 Å². The quantitative estimate of drug-likeness (QED) is 0.514.